The number of hydrogen-bond acceptors (Lipinski definition) is 5. The zero-order chi connectivity index (χ0) is 20.9. The van der Waals surface area contributed by atoms with Crippen LogP contribution in [-0.4, -0.2) is 45.4 Å². The van der Waals surface area contributed by atoms with Crippen molar-refractivity contribution in [2.24, 2.45) is 0 Å². The lowest BCUT2D eigenvalue weighted by atomic mass is 10.1. The highest BCUT2D eigenvalue weighted by Gasteiger charge is 2.24. The van der Waals surface area contributed by atoms with Crippen molar-refractivity contribution >= 4 is 27.3 Å². The van der Waals surface area contributed by atoms with E-state index in [4.69, 9.17) is 0 Å². The van der Waals surface area contributed by atoms with Gasteiger partial charge in [0.25, 0.3) is 0 Å². The highest BCUT2D eigenvalue weighted by molar-refractivity contribution is 7.89. The summed E-state index contributed by atoms with van der Waals surface area (Å²) < 4.78 is 27.4. The van der Waals surface area contributed by atoms with Crippen LogP contribution in [0.4, 0.5) is 0 Å². The number of benzene rings is 1. The van der Waals surface area contributed by atoms with Gasteiger partial charge in [0.2, 0.25) is 15.9 Å². The zero-order valence-electron chi connectivity index (χ0n) is 17.0. The van der Waals surface area contributed by atoms with Gasteiger partial charge in [-0.15, -0.1) is 11.3 Å². The van der Waals surface area contributed by atoms with Crippen LogP contribution in [0.15, 0.2) is 40.6 Å². The Morgan fingerprint density at radius 1 is 1.17 bits per heavy atom. The van der Waals surface area contributed by atoms with Gasteiger partial charge in [0.1, 0.15) is 0 Å². The summed E-state index contributed by atoms with van der Waals surface area (Å²) in [4.78, 5) is 16.2. The Morgan fingerprint density at radius 3 is 2.59 bits per heavy atom. The highest BCUT2D eigenvalue weighted by atomic mass is 32.2. The Morgan fingerprint density at radius 2 is 1.93 bits per heavy atom. The maximum Gasteiger partial charge on any atom is 0.240 e. The van der Waals surface area contributed by atoms with E-state index >= 15 is 0 Å². The number of likely N-dealkylation sites (tertiary alicyclic amines) is 1. The van der Waals surface area contributed by atoms with Crippen LogP contribution in [0.5, 0.6) is 0 Å². The molecule has 6 nitrogen and oxygen atoms in total. The zero-order valence-corrected chi connectivity index (χ0v) is 18.6. The van der Waals surface area contributed by atoms with E-state index in [1.54, 1.807) is 29.5 Å². The van der Waals surface area contributed by atoms with Gasteiger partial charge in [-0.3, -0.25) is 9.69 Å². The molecule has 1 fully saturated rings. The quantitative estimate of drug-likeness (QED) is 0.635. The molecular formula is C21H29N3O3S2. The predicted molar refractivity (Wildman–Crippen MR) is 117 cm³/mol. The lowest BCUT2D eigenvalue weighted by Crippen LogP contribution is -2.37. The minimum atomic E-state index is -3.61. The summed E-state index contributed by atoms with van der Waals surface area (Å²) in [6.45, 7) is 6.54. The number of carbonyl (C=O) groups is 1. The van der Waals surface area contributed by atoms with Crippen molar-refractivity contribution in [3.63, 3.8) is 0 Å². The number of nitrogens with zero attached hydrogens (tertiary/aromatic N) is 1. The maximum absolute atomic E-state index is 12.4. The molecule has 1 aromatic heterocycles. The van der Waals surface area contributed by atoms with Gasteiger partial charge in [-0.1, -0.05) is 12.1 Å². The Bertz CT molecular complexity index is 921. The molecule has 1 amide bonds. The van der Waals surface area contributed by atoms with Crippen LogP contribution in [0.3, 0.4) is 0 Å². The van der Waals surface area contributed by atoms with Gasteiger partial charge in [0.05, 0.1) is 10.9 Å². The van der Waals surface area contributed by atoms with E-state index in [0.29, 0.717) is 6.54 Å². The first-order valence-electron chi connectivity index (χ1n) is 9.98. The average molecular weight is 436 g/mol. The number of nitrogens with one attached hydrogen (secondary N) is 2. The fraction of sp³-hybridized carbons (Fsp3) is 0.476. The van der Waals surface area contributed by atoms with E-state index in [0.717, 1.165) is 24.2 Å². The van der Waals surface area contributed by atoms with Crippen LogP contribution in [0.25, 0.3) is 0 Å². The van der Waals surface area contributed by atoms with Crippen molar-refractivity contribution in [2.75, 3.05) is 26.2 Å². The minimum Gasteiger partial charge on any atom is -0.354 e. The standard InChI is InChI=1S/C21H29N3O3S2/c1-16-7-8-18(14-17(16)2)29(26,27)23-10-9-21(25)22-15-19(20-6-5-13-28-20)24-11-3-4-12-24/h5-8,13-14,19,23H,3-4,9-12,15H2,1-2H3,(H,22,25). The average Bonchev–Trinajstić information content (AvgIpc) is 3.38. The van der Waals surface area contributed by atoms with E-state index in [1.807, 2.05) is 19.9 Å². The Hall–Kier alpha value is -1.74. The van der Waals surface area contributed by atoms with E-state index in [-0.39, 0.29) is 29.8 Å². The van der Waals surface area contributed by atoms with Crippen molar-refractivity contribution in [1.82, 2.24) is 14.9 Å². The molecule has 1 aromatic carbocycles. The second-order valence-corrected chi connectivity index (χ2v) is 10.2. The first kappa shape index (κ1) is 22.0. The van der Waals surface area contributed by atoms with Crippen LogP contribution in [0, 0.1) is 13.8 Å². The SMILES string of the molecule is Cc1ccc(S(=O)(=O)NCCC(=O)NCC(c2cccs2)N2CCCC2)cc1C. The number of thiophene rings is 1. The lowest BCUT2D eigenvalue weighted by Gasteiger charge is -2.26. The molecule has 29 heavy (non-hydrogen) atoms. The number of aryl methyl sites for hydroxylation is 2. The largest absolute Gasteiger partial charge is 0.354 e. The summed E-state index contributed by atoms with van der Waals surface area (Å²) in [5, 5.41) is 5.04. The first-order chi connectivity index (χ1) is 13.9. The molecule has 2 aromatic rings. The number of carbonyl (C=O) groups excluding carboxylic acids is 1. The molecule has 8 heteroatoms. The van der Waals surface area contributed by atoms with E-state index in [1.165, 1.54) is 17.7 Å². The van der Waals surface area contributed by atoms with Gasteiger partial charge in [-0.05, 0) is 74.5 Å². The Kier molecular flexibility index (Phi) is 7.45. The van der Waals surface area contributed by atoms with Crippen molar-refractivity contribution in [2.45, 2.75) is 44.0 Å². The molecule has 0 bridgehead atoms. The fourth-order valence-corrected chi connectivity index (χ4v) is 5.48. The van der Waals surface area contributed by atoms with Gasteiger partial charge in [-0.2, -0.15) is 0 Å². The van der Waals surface area contributed by atoms with Gasteiger partial charge in [0, 0.05) is 24.4 Å². The van der Waals surface area contributed by atoms with E-state index < -0.39 is 10.0 Å². The molecule has 158 valence electrons. The first-order valence-corrected chi connectivity index (χ1v) is 12.3. The molecule has 0 aliphatic carbocycles. The molecular weight excluding hydrogens is 406 g/mol. The fourth-order valence-electron chi connectivity index (χ4n) is 3.51. The molecule has 2 N–H and O–H groups in total. The van der Waals surface area contributed by atoms with Crippen LogP contribution >= 0.6 is 11.3 Å². The molecule has 2 heterocycles. The molecule has 0 radical (unpaired) electrons. The highest BCUT2D eigenvalue weighted by Crippen LogP contribution is 2.27. The van der Waals surface area contributed by atoms with Crippen molar-refractivity contribution in [3.8, 4) is 0 Å². The summed E-state index contributed by atoms with van der Waals surface area (Å²) in [6, 6.07) is 9.36. The summed E-state index contributed by atoms with van der Waals surface area (Å²) in [7, 11) is -3.61. The minimum absolute atomic E-state index is 0.0779. The third-order valence-electron chi connectivity index (χ3n) is 5.38. The Balaban J connectivity index is 1.49. The number of amides is 1. The number of sulfonamides is 1. The van der Waals surface area contributed by atoms with E-state index in [9.17, 15) is 13.2 Å². The third-order valence-corrected chi connectivity index (χ3v) is 7.81. The van der Waals surface area contributed by atoms with Crippen molar-refractivity contribution < 1.29 is 13.2 Å². The van der Waals surface area contributed by atoms with Crippen LogP contribution in [0.2, 0.25) is 0 Å². The molecule has 1 aliphatic rings. The van der Waals surface area contributed by atoms with Crippen molar-refractivity contribution in [3.05, 3.63) is 51.7 Å². The Labute approximate surface area is 177 Å². The molecule has 1 aliphatic heterocycles. The second kappa shape index (κ2) is 9.84. The topological polar surface area (TPSA) is 78.5 Å². The lowest BCUT2D eigenvalue weighted by molar-refractivity contribution is -0.121. The van der Waals surface area contributed by atoms with Gasteiger partial charge >= 0.3 is 0 Å². The summed E-state index contributed by atoms with van der Waals surface area (Å²) >= 11 is 1.71. The maximum atomic E-state index is 12.4. The van der Waals surface area contributed by atoms with Gasteiger partial charge in [-0.25, -0.2) is 13.1 Å². The predicted octanol–water partition coefficient (Wildman–Crippen LogP) is 2.99. The van der Waals surface area contributed by atoms with Crippen LogP contribution in [-0.2, 0) is 14.8 Å². The molecule has 1 saturated heterocycles. The summed E-state index contributed by atoms with van der Waals surface area (Å²) in [5.41, 5.74) is 1.97. The van der Waals surface area contributed by atoms with E-state index in [2.05, 4.69) is 26.4 Å². The number of hydrogen-bond donors (Lipinski definition) is 2. The second-order valence-electron chi connectivity index (χ2n) is 7.47. The molecule has 1 atom stereocenters. The molecule has 0 saturated carbocycles. The van der Waals surface area contributed by atoms with Crippen LogP contribution in [0.1, 0.15) is 41.3 Å². The summed E-state index contributed by atoms with van der Waals surface area (Å²) in [6.07, 6.45) is 2.49. The molecule has 3 rings (SSSR count). The van der Waals surface area contributed by atoms with Crippen LogP contribution < -0.4 is 10.0 Å². The van der Waals surface area contributed by atoms with Crippen molar-refractivity contribution in [1.29, 1.82) is 0 Å². The monoisotopic (exact) mass is 435 g/mol. The summed E-state index contributed by atoms with van der Waals surface area (Å²) in [5.74, 6) is -0.145. The molecule has 0 spiro atoms. The third kappa shape index (κ3) is 5.88. The van der Waals surface area contributed by atoms with Gasteiger partial charge < -0.3 is 5.32 Å². The number of rotatable bonds is 9. The smallest absolute Gasteiger partial charge is 0.240 e. The molecule has 1 unspecified atom stereocenters. The van der Waals surface area contributed by atoms with Gasteiger partial charge in [0.15, 0.2) is 0 Å². The normalized spacial score (nSPS) is 16.1.